The molecule has 17 heavy (non-hydrogen) atoms. The minimum Gasteiger partial charge on any atom is -0.490 e. The van der Waals surface area contributed by atoms with Crippen LogP contribution in [0.1, 0.15) is 19.4 Å². The maximum Gasteiger partial charge on any atom is 0.328 e. The molecule has 4 nitrogen and oxygen atoms in total. The molecular formula is C13H16O4. The summed E-state index contributed by atoms with van der Waals surface area (Å²) < 4.78 is 10.8. The first-order chi connectivity index (χ1) is 8.17. The second-order valence-electron chi connectivity index (χ2n) is 3.24. The molecule has 0 bridgehead atoms. The topological polar surface area (TPSA) is 55.8 Å². The molecule has 0 unspecified atom stereocenters. The molecule has 0 amide bonds. The average Bonchev–Trinajstić information content (AvgIpc) is 2.30. The zero-order valence-corrected chi connectivity index (χ0v) is 9.97. The van der Waals surface area contributed by atoms with Crippen LogP contribution in [-0.2, 0) is 4.79 Å². The molecular weight excluding hydrogens is 220 g/mol. The van der Waals surface area contributed by atoms with Crippen molar-refractivity contribution < 1.29 is 19.4 Å². The van der Waals surface area contributed by atoms with Gasteiger partial charge in [0, 0.05) is 6.08 Å². The standard InChI is InChI=1S/C13H16O4/c1-3-16-11-7-5-10(6-8-13(14)15)9-12(11)17-4-2/h5-9H,3-4H2,1-2H3,(H,14,15)/b8-6+. The Kier molecular flexibility index (Phi) is 5.07. The van der Waals surface area contributed by atoms with Crippen molar-refractivity contribution in [1.82, 2.24) is 0 Å². The Morgan fingerprint density at radius 2 is 1.88 bits per heavy atom. The third kappa shape index (κ3) is 4.18. The lowest BCUT2D eigenvalue weighted by Gasteiger charge is -2.11. The van der Waals surface area contributed by atoms with Crippen LogP contribution in [0, 0.1) is 0 Å². The molecule has 0 saturated carbocycles. The predicted molar refractivity (Wildman–Crippen MR) is 65.4 cm³/mol. The number of carbonyl (C=O) groups is 1. The fraction of sp³-hybridized carbons (Fsp3) is 0.308. The highest BCUT2D eigenvalue weighted by atomic mass is 16.5. The first-order valence-electron chi connectivity index (χ1n) is 5.48. The van der Waals surface area contributed by atoms with Gasteiger partial charge in [-0.2, -0.15) is 0 Å². The van der Waals surface area contributed by atoms with E-state index in [4.69, 9.17) is 14.6 Å². The molecule has 92 valence electrons. The molecule has 0 aliphatic heterocycles. The van der Waals surface area contributed by atoms with Crippen molar-refractivity contribution in [2.24, 2.45) is 0 Å². The van der Waals surface area contributed by atoms with Crippen molar-refractivity contribution in [1.29, 1.82) is 0 Å². The number of carboxylic acids is 1. The number of benzene rings is 1. The van der Waals surface area contributed by atoms with Crippen LogP contribution >= 0.6 is 0 Å². The van der Waals surface area contributed by atoms with Crippen molar-refractivity contribution >= 4 is 12.0 Å². The quantitative estimate of drug-likeness (QED) is 0.771. The van der Waals surface area contributed by atoms with Crippen molar-refractivity contribution in [2.45, 2.75) is 13.8 Å². The summed E-state index contributed by atoms with van der Waals surface area (Å²) in [6, 6.07) is 5.32. The van der Waals surface area contributed by atoms with Crippen LogP contribution in [0.5, 0.6) is 11.5 Å². The largest absolute Gasteiger partial charge is 0.490 e. The van der Waals surface area contributed by atoms with E-state index >= 15 is 0 Å². The summed E-state index contributed by atoms with van der Waals surface area (Å²) in [4.78, 5) is 10.4. The van der Waals surface area contributed by atoms with Gasteiger partial charge in [0.05, 0.1) is 13.2 Å². The van der Waals surface area contributed by atoms with Gasteiger partial charge >= 0.3 is 5.97 Å². The third-order valence-electron chi connectivity index (χ3n) is 1.99. The summed E-state index contributed by atoms with van der Waals surface area (Å²) in [5.41, 5.74) is 0.763. The number of rotatable bonds is 6. The lowest BCUT2D eigenvalue weighted by atomic mass is 10.2. The zero-order chi connectivity index (χ0) is 12.7. The van der Waals surface area contributed by atoms with Gasteiger partial charge in [-0.05, 0) is 37.6 Å². The molecule has 4 heteroatoms. The lowest BCUT2D eigenvalue weighted by Crippen LogP contribution is -1.98. The van der Waals surface area contributed by atoms with E-state index in [9.17, 15) is 4.79 Å². The molecule has 0 aliphatic carbocycles. The fourth-order valence-electron chi connectivity index (χ4n) is 1.34. The number of aliphatic carboxylic acids is 1. The summed E-state index contributed by atoms with van der Waals surface area (Å²) in [7, 11) is 0. The summed E-state index contributed by atoms with van der Waals surface area (Å²) in [6.45, 7) is 4.88. The smallest absolute Gasteiger partial charge is 0.328 e. The molecule has 0 heterocycles. The Morgan fingerprint density at radius 3 is 2.47 bits per heavy atom. The molecule has 0 aliphatic rings. The van der Waals surface area contributed by atoms with E-state index in [0.717, 1.165) is 11.6 Å². The molecule has 0 radical (unpaired) electrons. The van der Waals surface area contributed by atoms with Gasteiger partial charge in [-0.3, -0.25) is 0 Å². The van der Waals surface area contributed by atoms with E-state index in [1.807, 2.05) is 13.8 Å². The molecule has 1 aromatic carbocycles. The Morgan fingerprint density at radius 1 is 1.24 bits per heavy atom. The molecule has 1 aromatic rings. The van der Waals surface area contributed by atoms with E-state index in [0.29, 0.717) is 24.7 Å². The minimum atomic E-state index is -0.975. The molecule has 0 fully saturated rings. The maximum atomic E-state index is 10.4. The molecule has 0 atom stereocenters. The monoisotopic (exact) mass is 236 g/mol. The second kappa shape index (κ2) is 6.58. The van der Waals surface area contributed by atoms with Crippen LogP contribution in [0.25, 0.3) is 6.08 Å². The van der Waals surface area contributed by atoms with E-state index in [2.05, 4.69) is 0 Å². The average molecular weight is 236 g/mol. The lowest BCUT2D eigenvalue weighted by molar-refractivity contribution is -0.131. The van der Waals surface area contributed by atoms with Gasteiger partial charge in [0.1, 0.15) is 0 Å². The van der Waals surface area contributed by atoms with Crippen LogP contribution < -0.4 is 9.47 Å². The number of carboxylic acid groups (broad SMARTS) is 1. The van der Waals surface area contributed by atoms with Crippen molar-refractivity contribution in [2.75, 3.05) is 13.2 Å². The highest BCUT2D eigenvalue weighted by molar-refractivity contribution is 5.85. The number of hydrogen-bond donors (Lipinski definition) is 1. The summed E-state index contributed by atoms with van der Waals surface area (Å²) in [6.07, 6.45) is 2.60. The second-order valence-corrected chi connectivity index (χ2v) is 3.24. The van der Waals surface area contributed by atoms with E-state index < -0.39 is 5.97 Å². The highest BCUT2D eigenvalue weighted by Gasteiger charge is 2.04. The van der Waals surface area contributed by atoms with E-state index in [1.165, 1.54) is 6.08 Å². The van der Waals surface area contributed by atoms with Gasteiger partial charge in [-0.15, -0.1) is 0 Å². The number of ether oxygens (including phenoxy) is 2. The van der Waals surface area contributed by atoms with Crippen molar-refractivity contribution in [3.05, 3.63) is 29.8 Å². The minimum absolute atomic E-state index is 0.534. The first-order valence-corrected chi connectivity index (χ1v) is 5.48. The van der Waals surface area contributed by atoms with Crippen LogP contribution in [0.3, 0.4) is 0 Å². The fourth-order valence-corrected chi connectivity index (χ4v) is 1.34. The Labute approximate surface area is 100 Å². The van der Waals surface area contributed by atoms with Gasteiger partial charge < -0.3 is 14.6 Å². The first kappa shape index (κ1) is 13.1. The normalized spacial score (nSPS) is 10.5. The molecule has 0 saturated heterocycles. The predicted octanol–water partition coefficient (Wildman–Crippen LogP) is 2.58. The van der Waals surface area contributed by atoms with Gasteiger partial charge in [0.15, 0.2) is 11.5 Å². The van der Waals surface area contributed by atoms with Crippen LogP contribution in [-0.4, -0.2) is 24.3 Å². The Bertz CT molecular complexity index is 410. The summed E-state index contributed by atoms with van der Waals surface area (Å²) >= 11 is 0. The van der Waals surface area contributed by atoms with Gasteiger partial charge in [-0.1, -0.05) is 6.07 Å². The van der Waals surface area contributed by atoms with Crippen LogP contribution in [0.2, 0.25) is 0 Å². The Hall–Kier alpha value is -1.97. The molecule has 0 spiro atoms. The molecule has 0 aromatic heterocycles. The molecule has 1 rings (SSSR count). The maximum absolute atomic E-state index is 10.4. The Balaban J connectivity index is 2.95. The van der Waals surface area contributed by atoms with Gasteiger partial charge in [0.25, 0.3) is 0 Å². The third-order valence-corrected chi connectivity index (χ3v) is 1.99. The summed E-state index contributed by atoms with van der Waals surface area (Å²) in [5.74, 6) is 0.320. The van der Waals surface area contributed by atoms with Crippen molar-refractivity contribution in [3.8, 4) is 11.5 Å². The van der Waals surface area contributed by atoms with Crippen molar-refractivity contribution in [3.63, 3.8) is 0 Å². The number of hydrogen-bond acceptors (Lipinski definition) is 3. The SMILES string of the molecule is CCOc1ccc(/C=C/C(=O)O)cc1OCC. The summed E-state index contributed by atoms with van der Waals surface area (Å²) in [5, 5.41) is 8.54. The van der Waals surface area contributed by atoms with E-state index in [-0.39, 0.29) is 0 Å². The highest BCUT2D eigenvalue weighted by Crippen LogP contribution is 2.28. The van der Waals surface area contributed by atoms with E-state index in [1.54, 1.807) is 18.2 Å². The zero-order valence-electron chi connectivity index (χ0n) is 9.97. The molecule has 1 N–H and O–H groups in total. The van der Waals surface area contributed by atoms with Crippen LogP contribution in [0.15, 0.2) is 24.3 Å². The van der Waals surface area contributed by atoms with Crippen LogP contribution in [0.4, 0.5) is 0 Å². The van der Waals surface area contributed by atoms with Gasteiger partial charge in [0.2, 0.25) is 0 Å². The van der Waals surface area contributed by atoms with Gasteiger partial charge in [-0.25, -0.2) is 4.79 Å².